The van der Waals surface area contributed by atoms with Gasteiger partial charge in [-0.15, -0.1) is 0 Å². The van der Waals surface area contributed by atoms with Crippen LogP contribution >= 0.6 is 0 Å². The number of hydrogen-bond acceptors (Lipinski definition) is 10. The Morgan fingerprint density at radius 3 is 1.96 bits per heavy atom. The largest absolute Gasteiger partial charge is 0.456 e. The second-order valence-electron chi connectivity index (χ2n) is 17.6. The van der Waals surface area contributed by atoms with Crippen LogP contribution in [0.5, 0.6) is 0 Å². The number of carbonyl (C=O) groups is 4. The van der Waals surface area contributed by atoms with E-state index in [1.165, 1.54) is 0 Å². The van der Waals surface area contributed by atoms with Gasteiger partial charge >= 0.3 is 11.9 Å². The molecular formula is C46H53NO10. The van der Waals surface area contributed by atoms with Gasteiger partial charge in [-0.25, -0.2) is 9.59 Å². The molecule has 3 aromatic rings. The molecule has 7 rings (SSSR count). The lowest BCUT2D eigenvalue weighted by molar-refractivity contribution is -0.353. The first-order chi connectivity index (χ1) is 26.8. The molecule has 4 N–H and O–H groups in total. The van der Waals surface area contributed by atoms with Crippen molar-refractivity contribution in [2.24, 2.45) is 28.1 Å². The molecule has 3 aliphatic carbocycles. The Kier molecular flexibility index (Phi) is 10.2. The molecule has 2 bridgehead atoms. The van der Waals surface area contributed by atoms with E-state index in [1.54, 1.807) is 126 Å². The first-order valence-electron chi connectivity index (χ1n) is 19.7. The molecule has 1 amide bonds. The first kappa shape index (κ1) is 40.5. The van der Waals surface area contributed by atoms with Crippen LogP contribution in [0.25, 0.3) is 0 Å². The number of carbonyl (C=O) groups excluding carboxylic acids is 4. The van der Waals surface area contributed by atoms with Gasteiger partial charge in [0.25, 0.3) is 5.91 Å². The molecule has 0 unspecified atom stereocenters. The number of ketones is 1. The zero-order valence-corrected chi connectivity index (χ0v) is 33.5. The summed E-state index contributed by atoms with van der Waals surface area (Å²) in [5.41, 5.74) is -4.49. The summed E-state index contributed by atoms with van der Waals surface area (Å²) in [6, 6.07) is 24.1. The number of Topliss-reactive ketones (excluding diaryl/α,β-unsaturated/α-hetero) is 1. The average Bonchev–Trinajstić information content (AvgIpc) is 3.20. The van der Waals surface area contributed by atoms with Crippen LogP contribution < -0.4 is 5.32 Å². The summed E-state index contributed by atoms with van der Waals surface area (Å²) in [6.07, 6.45) is -5.81. The van der Waals surface area contributed by atoms with Gasteiger partial charge in [0, 0.05) is 41.1 Å². The van der Waals surface area contributed by atoms with Crippen molar-refractivity contribution in [3.63, 3.8) is 0 Å². The van der Waals surface area contributed by atoms with Crippen LogP contribution in [0.1, 0.15) is 93.6 Å². The highest BCUT2D eigenvalue weighted by atomic mass is 16.6. The van der Waals surface area contributed by atoms with Crippen molar-refractivity contribution >= 4 is 23.6 Å². The minimum Gasteiger partial charge on any atom is -0.456 e. The van der Waals surface area contributed by atoms with Gasteiger partial charge in [0.05, 0.1) is 35.3 Å². The lowest BCUT2D eigenvalue weighted by Gasteiger charge is -2.71. The molecule has 11 nitrogen and oxygen atoms in total. The maximum absolute atomic E-state index is 15.2. The second-order valence-corrected chi connectivity index (χ2v) is 17.6. The van der Waals surface area contributed by atoms with Crippen molar-refractivity contribution < 1.29 is 48.7 Å². The molecule has 57 heavy (non-hydrogen) atoms. The van der Waals surface area contributed by atoms with Crippen LogP contribution in [-0.4, -0.2) is 81.2 Å². The number of amides is 1. The van der Waals surface area contributed by atoms with Gasteiger partial charge in [0.1, 0.15) is 23.6 Å². The van der Waals surface area contributed by atoms with Crippen LogP contribution in [0.2, 0.25) is 0 Å². The fourth-order valence-electron chi connectivity index (χ4n) is 10.7. The Labute approximate surface area is 333 Å². The second kappa shape index (κ2) is 14.3. The zero-order valence-electron chi connectivity index (χ0n) is 33.5. The highest BCUT2D eigenvalue weighted by Gasteiger charge is 2.77. The predicted molar refractivity (Wildman–Crippen MR) is 210 cm³/mol. The number of hydrogen-bond donors (Lipinski definition) is 4. The minimum absolute atomic E-state index is 0.162. The van der Waals surface area contributed by atoms with Crippen LogP contribution in [0, 0.1) is 28.1 Å². The fraction of sp³-hybridized carbons (Fsp3) is 0.478. The summed E-state index contributed by atoms with van der Waals surface area (Å²) >= 11 is 0. The standard InChI is InChI=1S/C46H53NO10/c1-26-31(56-41(53)35(49)34(28-17-11-8-12-18-28)47-39(51)29-19-13-9-14-20-29)23-46(54)38(57-40(52)30-21-15-10-16-22-30)36-43(5)25-55-44(43,6)24-32(48)45(36,7)37(50)27(2)33(26)42(46,3)4/h8-22,27,31-32,34-36,38,48-49,54H,23-25H2,1-7H3,(H,47,51)/t27-,31+,32+,34+,35-,36-,38+,43+,44-,45-,46-/m1/s1. The maximum atomic E-state index is 15.2. The third-order valence-corrected chi connectivity index (χ3v) is 14.3. The number of ether oxygens (including phenoxy) is 3. The molecule has 2 saturated carbocycles. The molecule has 1 aliphatic heterocycles. The topological polar surface area (TPSA) is 169 Å². The first-order valence-corrected chi connectivity index (χ1v) is 19.7. The van der Waals surface area contributed by atoms with E-state index in [0.717, 1.165) is 0 Å². The average molecular weight is 780 g/mol. The Hall–Kier alpha value is -4.68. The van der Waals surface area contributed by atoms with Crippen LogP contribution in [0.3, 0.4) is 0 Å². The van der Waals surface area contributed by atoms with E-state index in [-0.39, 0.29) is 30.8 Å². The van der Waals surface area contributed by atoms with Crippen molar-refractivity contribution in [2.45, 2.75) is 103 Å². The van der Waals surface area contributed by atoms with E-state index in [4.69, 9.17) is 14.2 Å². The predicted octanol–water partition coefficient (Wildman–Crippen LogP) is 5.53. The van der Waals surface area contributed by atoms with Crippen LogP contribution in [-0.2, 0) is 23.8 Å². The number of aliphatic hydroxyl groups is 3. The lowest BCUT2D eigenvalue weighted by atomic mass is 9.39. The van der Waals surface area contributed by atoms with Gasteiger partial charge < -0.3 is 34.8 Å². The van der Waals surface area contributed by atoms with Crippen molar-refractivity contribution in [1.29, 1.82) is 0 Å². The van der Waals surface area contributed by atoms with Gasteiger partial charge in [-0.2, -0.15) is 0 Å². The minimum atomic E-state index is -2.00. The van der Waals surface area contributed by atoms with E-state index in [1.807, 2.05) is 13.8 Å². The molecular weight excluding hydrogens is 727 g/mol. The highest BCUT2D eigenvalue weighted by Crippen LogP contribution is 2.69. The number of benzene rings is 3. The molecule has 3 fully saturated rings. The lowest BCUT2D eigenvalue weighted by Crippen LogP contribution is -2.80. The molecule has 0 radical (unpaired) electrons. The Morgan fingerprint density at radius 1 is 0.842 bits per heavy atom. The van der Waals surface area contributed by atoms with E-state index in [9.17, 15) is 29.7 Å². The fourth-order valence-corrected chi connectivity index (χ4v) is 10.7. The molecule has 0 aromatic heterocycles. The molecule has 11 heteroatoms. The van der Waals surface area contributed by atoms with E-state index in [2.05, 4.69) is 5.32 Å². The summed E-state index contributed by atoms with van der Waals surface area (Å²) in [5.74, 6) is -4.42. The third kappa shape index (κ3) is 6.16. The summed E-state index contributed by atoms with van der Waals surface area (Å²) < 4.78 is 18.8. The van der Waals surface area contributed by atoms with Gasteiger partial charge in [-0.3, -0.25) is 9.59 Å². The number of nitrogens with one attached hydrogen (secondary N) is 1. The third-order valence-electron chi connectivity index (χ3n) is 14.3. The highest BCUT2D eigenvalue weighted by molar-refractivity contribution is 5.95. The van der Waals surface area contributed by atoms with Gasteiger partial charge in [0.2, 0.25) is 0 Å². The maximum Gasteiger partial charge on any atom is 0.338 e. The molecule has 302 valence electrons. The van der Waals surface area contributed by atoms with Crippen molar-refractivity contribution in [2.75, 3.05) is 6.61 Å². The SMILES string of the molecule is CC1=C2[C@@H](C)C(=O)[C@]3(C)[C@@H](O)C[C@@]4(C)OC[C@@]4(C)[C@H]3[C@H](OC(=O)c3ccccc3)[C@](O)(C[C@@H]1OC(=O)[C@H](O)[C@@H](NC(=O)c1ccccc1)c1ccccc1)C2(C)C. The Balaban J connectivity index is 1.33. The van der Waals surface area contributed by atoms with Gasteiger partial charge in [-0.1, -0.05) is 94.4 Å². The van der Waals surface area contributed by atoms with Crippen LogP contribution in [0.4, 0.5) is 0 Å². The van der Waals surface area contributed by atoms with Crippen molar-refractivity contribution in [1.82, 2.24) is 5.32 Å². The van der Waals surface area contributed by atoms with E-state index < -0.39 is 87.6 Å². The summed E-state index contributed by atoms with van der Waals surface area (Å²) in [6.45, 7) is 12.8. The normalized spacial score (nSPS) is 35.2. The summed E-state index contributed by atoms with van der Waals surface area (Å²) in [4.78, 5) is 56.9. The van der Waals surface area contributed by atoms with E-state index >= 15 is 4.79 Å². The molecule has 0 spiro atoms. The molecule has 11 atom stereocenters. The number of fused-ring (bicyclic) bond motifs is 5. The summed E-state index contributed by atoms with van der Waals surface area (Å²) in [7, 11) is 0. The van der Waals surface area contributed by atoms with Crippen molar-refractivity contribution in [3.8, 4) is 0 Å². The molecule has 4 aliphatic rings. The molecule has 3 aromatic carbocycles. The summed E-state index contributed by atoms with van der Waals surface area (Å²) in [5, 5.41) is 40.1. The van der Waals surface area contributed by atoms with Gasteiger partial charge in [-0.05, 0) is 61.7 Å². The number of aliphatic hydroxyl groups excluding tert-OH is 2. The van der Waals surface area contributed by atoms with Crippen LogP contribution in [0.15, 0.2) is 102 Å². The molecule has 1 saturated heterocycles. The van der Waals surface area contributed by atoms with E-state index in [0.29, 0.717) is 22.3 Å². The Bertz CT molecular complexity index is 2090. The number of esters is 2. The smallest absolute Gasteiger partial charge is 0.338 e. The number of rotatable bonds is 8. The monoisotopic (exact) mass is 779 g/mol. The zero-order chi connectivity index (χ0) is 41.3. The van der Waals surface area contributed by atoms with Gasteiger partial charge in [0.15, 0.2) is 6.10 Å². The Morgan fingerprint density at radius 2 is 1.40 bits per heavy atom. The molecule has 1 heterocycles. The van der Waals surface area contributed by atoms with Crippen molar-refractivity contribution in [3.05, 3.63) is 119 Å². The quantitative estimate of drug-likeness (QED) is 0.169.